The van der Waals surface area contributed by atoms with Crippen molar-refractivity contribution in [2.24, 2.45) is 0 Å². The monoisotopic (exact) mass is 389 g/mol. The first-order valence-corrected chi connectivity index (χ1v) is 8.50. The van der Waals surface area contributed by atoms with Crippen LogP contribution in [-0.4, -0.2) is 28.2 Å². The number of halogens is 3. The van der Waals surface area contributed by atoms with E-state index in [2.05, 4.69) is 15.0 Å². The molecule has 2 aromatic carbocycles. The second kappa shape index (κ2) is 8.60. The van der Waals surface area contributed by atoms with E-state index in [1.165, 1.54) is 12.1 Å². The van der Waals surface area contributed by atoms with Gasteiger partial charge in [-0.05, 0) is 35.4 Å². The smallest absolute Gasteiger partial charge is 0.422 e. The van der Waals surface area contributed by atoms with Gasteiger partial charge in [-0.3, -0.25) is 4.79 Å². The number of aromatic nitrogens is 2. The lowest BCUT2D eigenvalue weighted by atomic mass is 10.1. The van der Waals surface area contributed by atoms with Crippen LogP contribution in [0.25, 0.3) is 0 Å². The standard InChI is InChI=1S/C20H18F3N3O2/c21-20(22,23)13-28-18-7-3-15(4-8-18)11-25-19(27)17-5-1-16(2-6-17)12-26-10-9-24-14-26/h1-10,14H,11-13H2,(H,25,27). The summed E-state index contributed by atoms with van der Waals surface area (Å²) in [5.74, 6) is -0.104. The van der Waals surface area contributed by atoms with Crippen LogP contribution < -0.4 is 10.1 Å². The molecule has 8 heteroatoms. The first kappa shape index (κ1) is 19.5. The largest absolute Gasteiger partial charge is 0.484 e. The van der Waals surface area contributed by atoms with E-state index in [0.29, 0.717) is 12.1 Å². The minimum atomic E-state index is -4.37. The fourth-order valence-electron chi connectivity index (χ4n) is 2.51. The molecule has 0 unspecified atom stereocenters. The minimum absolute atomic E-state index is 0.126. The van der Waals surface area contributed by atoms with Crippen molar-refractivity contribution >= 4 is 5.91 Å². The number of ether oxygens (including phenoxy) is 1. The Bertz CT molecular complexity index is 890. The molecule has 0 aliphatic heterocycles. The minimum Gasteiger partial charge on any atom is -0.484 e. The normalized spacial score (nSPS) is 11.2. The Morgan fingerprint density at radius 2 is 1.71 bits per heavy atom. The molecule has 0 atom stereocenters. The predicted octanol–water partition coefficient (Wildman–Crippen LogP) is 3.80. The molecule has 1 heterocycles. The van der Waals surface area contributed by atoms with Gasteiger partial charge < -0.3 is 14.6 Å². The Morgan fingerprint density at radius 1 is 1.04 bits per heavy atom. The Hall–Kier alpha value is -3.29. The van der Waals surface area contributed by atoms with Gasteiger partial charge in [-0.15, -0.1) is 0 Å². The fourth-order valence-corrected chi connectivity index (χ4v) is 2.51. The molecule has 0 saturated carbocycles. The second-order valence-electron chi connectivity index (χ2n) is 6.16. The Labute approximate surface area is 159 Å². The Kier molecular flexibility index (Phi) is 5.98. The maximum atomic E-state index is 12.3. The van der Waals surface area contributed by atoms with Gasteiger partial charge in [-0.1, -0.05) is 24.3 Å². The highest BCUT2D eigenvalue weighted by Crippen LogP contribution is 2.19. The number of imidazole rings is 1. The number of alkyl halides is 3. The van der Waals surface area contributed by atoms with Gasteiger partial charge in [0.15, 0.2) is 6.61 Å². The van der Waals surface area contributed by atoms with E-state index in [4.69, 9.17) is 0 Å². The highest BCUT2D eigenvalue weighted by Gasteiger charge is 2.28. The summed E-state index contributed by atoms with van der Waals surface area (Å²) < 4.78 is 43.0. The third-order valence-corrected chi connectivity index (χ3v) is 3.92. The third kappa shape index (κ3) is 5.87. The number of benzene rings is 2. The molecule has 1 N–H and O–H groups in total. The quantitative estimate of drug-likeness (QED) is 0.669. The van der Waals surface area contributed by atoms with Crippen LogP contribution in [0.3, 0.4) is 0 Å². The number of nitrogens with zero attached hydrogens (tertiary/aromatic N) is 2. The first-order chi connectivity index (χ1) is 13.4. The lowest BCUT2D eigenvalue weighted by Crippen LogP contribution is -2.22. The molecule has 5 nitrogen and oxygen atoms in total. The second-order valence-corrected chi connectivity index (χ2v) is 6.16. The molecular weight excluding hydrogens is 371 g/mol. The molecule has 1 aromatic heterocycles. The topological polar surface area (TPSA) is 56.1 Å². The Morgan fingerprint density at radius 3 is 2.32 bits per heavy atom. The average Bonchev–Trinajstić information content (AvgIpc) is 3.18. The van der Waals surface area contributed by atoms with E-state index in [0.717, 1.165) is 11.1 Å². The molecule has 0 radical (unpaired) electrons. The summed E-state index contributed by atoms with van der Waals surface area (Å²) in [6.45, 7) is -0.403. The molecule has 1 amide bonds. The first-order valence-electron chi connectivity index (χ1n) is 8.50. The molecular formula is C20H18F3N3O2. The molecule has 3 aromatic rings. The van der Waals surface area contributed by atoms with E-state index >= 15 is 0 Å². The molecule has 146 valence electrons. The van der Waals surface area contributed by atoms with Gasteiger partial charge in [-0.25, -0.2) is 4.98 Å². The Balaban J connectivity index is 1.49. The van der Waals surface area contributed by atoms with Crippen LogP contribution in [0.4, 0.5) is 13.2 Å². The van der Waals surface area contributed by atoms with E-state index in [1.807, 2.05) is 22.9 Å². The summed E-state index contributed by atoms with van der Waals surface area (Å²) in [4.78, 5) is 16.2. The molecule has 0 bridgehead atoms. The highest BCUT2D eigenvalue weighted by molar-refractivity contribution is 5.94. The van der Waals surface area contributed by atoms with Crippen LogP contribution in [0.5, 0.6) is 5.75 Å². The summed E-state index contributed by atoms with van der Waals surface area (Å²) in [5.41, 5.74) is 2.33. The van der Waals surface area contributed by atoms with E-state index in [1.54, 1.807) is 36.8 Å². The van der Waals surface area contributed by atoms with Gasteiger partial charge in [0, 0.05) is 31.0 Å². The van der Waals surface area contributed by atoms with Crippen molar-refractivity contribution < 1.29 is 22.7 Å². The van der Waals surface area contributed by atoms with E-state index in [9.17, 15) is 18.0 Å². The molecule has 0 aliphatic carbocycles. The molecule has 3 rings (SSSR count). The van der Waals surface area contributed by atoms with Crippen LogP contribution in [0.15, 0.2) is 67.3 Å². The lowest BCUT2D eigenvalue weighted by molar-refractivity contribution is -0.153. The van der Waals surface area contributed by atoms with Crippen molar-refractivity contribution in [2.75, 3.05) is 6.61 Å². The van der Waals surface area contributed by atoms with Gasteiger partial charge in [0.25, 0.3) is 5.91 Å². The molecule has 28 heavy (non-hydrogen) atoms. The van der Waals surface area contributed by atoms with E-state index < -0.39 is 12.8 Å². The predicted molar refractivity (Wildman–Crippen MR) is 96.9 cm³/mol. The number of nitrogens with one attached hydrogen (secondary N) is 1. The van der Waals surface area contributed by atoms with Crippen molar-refractivity contribution in [1.82, 2.24) is 14.9 Å². The molecule has 0 fully saturated rings. The summed E-state index contributed by atoms with van der Waals surface area (Å²) in [6.07, 6.45) is 0.915. The fraction of sp³-hybridized carbons (Fsp3) is 0.200. The number of hydrogen-bond acceptors (Lipinski definition) is 3. The zero-order chi connectivity index (χ0) is 20.0. The summed E-state index contributed by atoms with van der Waals surface area (Å²) >= 11 is 0. The van der Waals surface area contributed by atoms with Crippen molar-refractivity contribution in [3.8, 4) is 5.75 Å². The van der Waals surface area contributed by atoms with Crippen molar-refractivity contribution in [1.29, 1.82) is 0 Å². The third-order valence-electron chi connectivity index (χ3n) is 3.92. The summed E-state index contributed by atoms with van der Waals surface area (Å²) in [7, 11) is 0. The number of carbonyl (C=O) groups excluding carboxylic acids is 1. The van der Waals surface area contributed by atoms with Crippen molar-refractivity contribution in [2.45, 2.75) is 19.3 Å². The van der Waals surface area contributed by atoms with Crippen LogP contribution in [0, 0.1) is 0 Å². The van der Waals surface area contributed by atoms with Crippen LogP contribution in [-0.2, 0) is 13.1 Å². The van der Waals surface area contributed by atoms with Gasteiger partial charge in [0.05, 0.1) is 6.33 Å². The number of amides is 1. The van der Waals surface area contributed by atoms with Gasteiger partial charge >= 0.3 is 6.18 Å². The number of rotatable bonds is 7. The average molecular weight is 389 g/mol. The highest BCUT2D eigenvalue weighted by atomic mass is 19.4. The summed E-state index contributed by atoms with van der Waals surface area (Å²) in [6, 6.07) is 13.4. The number of carbonyl (C=O) groups is 1. The molecule has 0 aliphatic rings. The van der Waals surface area contributed by atoms with Crippen LogP contribution in [0.2, 0.25) is 0 Å². The van der Waals surface area contributed by atoms with Gasteiger partial charge in [-0.2, -0.15) is 13.2 Å². The van der Waals surface area contributed by atoms with Crippen LogP contribution in [0.1, 0.15) is 21.5 Å². The lowest BCUT2D eigenvalue weighted by Gasteiger charge is -2.10. The van der Waals surface area contributed by atoms with Crippen LogP contribution >= 0.6 is 0 Å². The zero-order valence-electron chi connectivity index (χ0n) is 14.8. The SMILES string of the molecule is O=C(NCc1ccc(OCC(F)(F)F)cc1)c1ccc(Cn2ccnc2)cc1. The molecule has 0 spiro atoms. The van der Waals surface area contributed by atoms with Gasteiger partial charge in [0.1, 0.15) is 5.75 Å². The maximum Gasteiger partial charge on any atom is 0.422 e. The molecule has 0 saturated heterocycles. The number of hydrogen-bond donors (Lipinski definition) is 1. The van der Waals surface area contributed by atoms with Crippen molar-refractivity contribution in [3.63, 3.8) is 0 Å². The van der Waals surface area contributed by atoms with Crippen molar-refractivity contribution in [3.05, 3.63) is 83.9 Å². The van der Waals surface area contributed by atoms with E-state index in [-0.39, 0.29) is 18.2 Å². The summed E-state index contributed by atoms with van der Waals surface area (Å²) in [5, 5.41) is 2.78. The zero-order valence-corrected chi connectivity index (χ0v) is 14.8. The van der Waals surface area contributed by atoms with Gasteiger partial charge in [0.2, 0.25) is 0 Å². The maximum absolute atomic E-state index is 12.3.